The molecule has 156 valence electrons. The van der Waals surface area contributed by atoms with Gasteiger partial charge >= 0.3 is 12.1 Å². The Kier molecular flexibility index (Phi) is 5.48. The van der Waals surface area contributed by atoms with Crippen LogP contribution in [0.2, 0.25) is 5.02 Å². The number of aromatic nitrogens is 5. The molecular formula is C16H14ClF5N6O. The van der Waals surface area contributed by atoms with Crippen LogP contribution < -0.4 is 5.32 Å². The molecule has 1 amide bonds. The summed E-state index contributed by atoms with van der Waals surface area (Å²) in [4.78, 5) is 16.1. The summed E-state index contributed by atoms with van der Waals surface area (Å²) in [5.41, 5.74) is -2.10. The number of alkyl halides is 5. The zero-order chi connectivity index (χ0) is 21.4. The predicted octanol–water partition coefficient (Wildman–Crippen LogP) is 3.36. The van der Waals surface area contributed by atoms with Crippen LogP contribution >= 0.6 is 11.6 Å². The summed E-state index contributed by atoms with van der Waals surface area (Å²) < 4.78 is 68.0. The molecule has 0 radical (unpaired) electrons. The van der Waals surface area contributed by atoms with E-state index in [1.165, 1.54) is 13.1 Å². The van der Waals surface area contributed by atoms with E-state index in [-0.39, 0.29) is 23.6 Å². The number of hydrogen-bond acceptors (Lipinski definition) is 4. The maximum absolute atomic E-state index is 13.9. The summed E-state index contributed by atoms with van der Waals surface area (Å²) in [6, 6.07) is 1.63. The highest BCUT2D eigenvalue weighted by atomic mass is 35.5. The number of fused-ring (bicyclic) bond motifs is 1. The Morgan fingerprint density at radius 1 is 1.24 bits per heavy atom. The summed E-state index contributed by atoms with van der Waals surface area (Å²) in [5.74, 6) is -5.89. The van der Waals surface area contributed by atoms with Gasteiger partial charge in [-0.3, -0.25) is 9.48 Å². The summed E-state index contributed by atoms with van der Waals surface area (Å²) in [5, 5.41) is 10.5. The van der Waals surface area contributed by atoms with E-state index in [4.69, 9.17) is 11.6 Å². The summed E-state index contributed by atoms with van der Waals surface area (Å²) in [7, 11) is 0. The van der Waals surface area contributed by atoms with Crippen LogP contribution in [0.1, 0.15) is 28.3 Å². The first-order chi connectivity index (χ1) is 13.5. The Labute approximate surface area is 165 Å². The van der Waals surface area contributed by atoms with Gasteiger partial charge in [0.2, 0.25) is 0 Å². The Morgan fingerprint density at radius 3 is 2.59 bits per heavy atom. The SMILES string of the molecule is Cc1cc(C(F)(F)C(F)(F)F)n2nc(C(=O)NCCCn3cc(Cl)cn3)cc2n1. The Morgan fingerprint density at radius 2 is 1.97 bits per heavy atom. The van der Waals surface area contributed by atoms with Crippen LogP contribution in [-0.4, -0.2) is 43.0 Å². The van der Waals surface area contributed by atoms with E-state index in [1.807, 2.05) is 0 Å². The van der Waals surface area contributed by atoms with Crippen LogP contribution in [0.5, 0.6) is 0 Å². The number of halogens is 6. The minimum atomic E-state index is -5.82. The lowest BCUT2D eigenvalue weighted by Crippen LogP contribution is -2.36. The molecule has 0 bridgehead atoms. The predicted molar refractivity (Wildman–Crippen MR) is 91.9 cm³/mol. The van der Waals surface area contributed by atoms with Crippen LogP contribution in [0.4, 0.5) is 22.0 Å². The monoisotopic (exact) mass is 436 g/mol. The molecule has 0 aliphatic heterocycles. The molecule has 0 spiro atoms. The van der Waals surface area contributed by atoms with Crippen LogP contribution in [0, 0.1) is 6.92 Å². The third-order valence-electron chi connectivity index (χ3n) is 3.92. The van der Waals surface area contributed by atoms with E-state index in [1.54, 1.807) is 10.9 Å². The molecule has 0 fully saturated rings. The molecule has 0 aliphatic rings. The average molecular weight is 437 g/mol. The minimum absolute atomic E-state index is 0.0684. The van der Waals surface area contributed by atoms with E-state index < -0.39 is 23.7 Å². The van der Waals surface area contributed by atoms with E-state index in [0.29, 0.717) is 28.6 Å². The van der Waals surface area contributed by atoms with E-state index in [0.717, 1.165) is 6.07 Å². The third kappa shape index (κ3) is 4.31. The van der Waals surface area contributed by atoms with Crippen LogP contribution in [0.3, 0.4) is 0 Å². The van der Waals surface area contributed by atoms with Gasteiger partial charge in [-0.25, -0.2) is 9.50 Å². The molecule has 7 nitrogen and oxygen atoms in total. The fourth-order valence-electron chi connectivity index (χ4n) is 2.57. The normalized spacial score (nSPS) is 12.5. The fraction of sp³-hybridized carbons (Fsp3) is 0.375. The molecule has 3 heterocycles. The van der Waals surface area contributed by atoms with E-state index >= 15 is 0 Å². The number of rotatable bonds is 6. The lowest BCUT2D eigenvalue weighted by Gasteiger charge is -2.20. The zero-order valence-electron chi connectivity index (χ0n) is 14.8. The smallest absolute Gasteiger partial charge is 0.351 e. The third-order valence-corrected chi connectivity index (χ3v) is 4.11. The van der Waals surface area contributed by atoms with Gasteiger partial charge < -0.3 is 5.32 Å². The molecule has 0 unspecified atom stereocenters. The Balaban J connectivity index is 1.76. The molecule has 0 saturated heterocycles. The molecule has 3 rings (SSSR count). The first kappa shape index (κ1) is 21.0. The van der Waals surface area contributed by atoms with Gasteiger partial charge in [-0.05, 0) is 19.4 Å². The number of hydrogen-bond donors (Lipinski definition) is 1. The van der Waals surface area contributed by atoms with Crippen molar-refractivity contribution in [2.75, 3.05) is 6.54 Å². The number of nitrogens with one attached hydrogen (secondary N) is 1. The van der Waals surface area contributed by atoms with Gasteiger partial charge in [0.25, 0.3) is 5.91 Å². The molecule has 3 aromatic heterocycles. The maximum Gasteiger partial charge on any atom is 0.459 e. The first-order valence-electron chi connectivity index (χ1n) is 8.27. The molecule has 0 aliphatic carbocycles. The van der Waals surface area contributed by atoms with Gasteiger partial charge in [-0.2, -0.15) is 32.1 Å². The topological polar surface area (TPSA) is 77.1 Å². The standard InChI is InChI=1S/C16H14ClF5N6O/c1-9-5-12(15(18,19)16(20,21)22)28-13(25-9)6-11(26-28)14(29)23-3-2-4-27-8-10(17)7-24-27/h5-8H,2-4H2,1H3,(H,23,29). The Bertz CT molecular complexity index is 1040. The van der Waals surface area contributed by atoms with Gasteiger partial charge in [0.15, 0.2) is 11.3 Å². The van der Waals surface area contributed by atoms with Crippen molar-refractivity contribution in [1.29, 1.82) is 0 Å². The number of aryl methyl sites for hydroxylation is 2. The number of nitrogens with zero attached hydrogens (tertiary/aromatic N) is 5. The lowest BCUT2D eigenvalue weighted by atomic mass is 10.2. The second kappa shape index (κ2) is 7.58. The highest BCUT2D eigenvalue weighted by Gasteiger charge is 2.60. The summed E-state index contributed by atoms with van der Waals surface area (Å²) >= 11 is 5.73. The Hall–Kier alpha value is -2.76. The molecule has 13 heteroatoms. The summed E-state index contributed by atoms with van der Waals surface area (Å²) in [6.07, 6.45) is -2.29. The van der Waals surface area contributed by atoms with Gasteiger partial charge in [0, 0.05) is 31.0 Å². The van der Waals surface area contributed by atoms with Crippen molar-refractivity contribution in [3.63, 3.8) is 0 Å². The second-order valence-electron chi connectivity index (χ2n) is 6.19. The van der Waals surface area contributed by atoms with Crippen molar-refractivity contribution in [2.24, 2.45) is 0 Å². The highest BCUT2D eigenvalue weighted by molar-refractivity contribution is 6.30. The number of carbonyl (C=O) groups excluding carboxylic acids is 1. The number of carbonyl (C=O) groups is 1. The fourth-order valence-corrected chi connectivity index (χ4v) is 2.73. The quantitative estimate of drug-likeness (QED) is 0.475. The molecule has 0 saturated carbocycles. The largest absolute Gasteiger partial charge is 0.459 e. The van der Waals surface area contributed by atoms with Crippen LogP contribution in [0.15, 0.2) is 24.5 Å². The lowest BCUT2D eigenvalue weighted by molar-refractivity contribution is -0.291. The summed E-state index contributed by atoms with van der Waals surface area (Å²) in [6.45, 7) is 1.92. The van der Waals surface area contributed by atoms with Crippen LogP contribution in [0.25, 0.3) is 5.65 Å². The van der Waals surface area contributed by atoms with Gasteiger partial charge in [-0.15, -0.1) is 0 Å². The van der Waals surface area contributed by atoms with Gasteiger partial charge in [0.1, 0.15) is 5.69 Å². The first-order valence-corrected chi connectivity index (χ1v) is 8.65. The molecule has 29 heavy (non-hydrogen) atoms. The van der Waals surface area contributed by atoms with Gasteiger partial charge in [0.05, 0.1) is 11.2 Å². The maximum atomic E-state index is 13.9. The van der Waals surface area contributed by atoms with E-state index in [2.05, 4.69) is 20.5 Å². The molecular weight excluding hydrogens is 423 g/mol. The van der Waals surface area contributed by atoms with Crippen molar-refractivity contribution in [3.05, 3.63) is 46.6 Å². The van der Waals surface area contributed by atoms with Crippen molar-refractivity contribution in [1.82, 2.24) is 29.7 Å². The van der Waals surface area contributed by atoms with Crippen molar-refractivity contribution in [3.8, 4) is 0 Å². The molecule has 1 N–H and O–H groups in total. The molecule has 0 aromatic carbocycles. The highest BCUT2D eigenvalue weighted by Crippen LogP contribution is 2.43. The zero-order valence-corrected chi connectivity index (χ0v) is 15.6. The van der Waals surface area contributed by atoms with Crippen molar-refractivity contribution >= 4 is 23.2 Å². The molecule has 0 atom stereocenters. The second-order valence-corrected chi connectivity index (χ2v) is 6.62. The van der Waals surface area contributed by atoms with Crippen LogP contribution in [-0.2, 0) is 12.5 Å². The average Bonchev–Trinajstić information content (AvgIpc) is 3.22. The number of amides is 1. The van der Waals surface area contributed by atoms with Crippen molar-refractivity contribution < 1.29 is 26.7 Å². The van der Waals surface area contributed by atoms with E-state index in [9.17, 15) is 26.7 Å². The molecule has 3 aromatic rings. The van der Waals surface area contributed by atoms with Gasteiger partial charge in [-0.1, -0.05) is 11.6 Å². The van der Waals surface area contributed by atoms with Crippen molar-refractivity contribution in [2.45, 2.75) is 32.0 Å². The minimum Gasteiger partial charge on any atom is -0.351 e.